The lowest BCUT2D eigenvalue weighted by Crippen LogP contribution is -2.24. The highest BCUT2D eigenvalue weighted by atomic mass is 16.6. The molecule has 32 heavy (non-hydrogen) atoms. The van der Waals surface area contributed by atoms with Gasteiger partial charge in [0.2, 0.25) is 5.82 Å². The van der Waals surface area contributed by atoms with Gasteiger partial charge in [0.15, 0.2) is 6.61 Å². The number of anilines is 1. The first-order valence-corrected chi connectivity index (χ1v) is 10.2. The van der Waals surface area contributed by atoms with Gasteiger partial charge in [-0.25, -0.2) is 4.79 Å². The fraction of sp³-hybridized carbons (Fsp3) is 0.318. The van der Waals surface area contributed by atoms with Gasteiger partial charge in [-0.2, -0.15) is 4.98 Å². The quantitative estimate of drug-likeness (QED) is 0.259. The van der Waals surface area contributed by atoms with Gasteiger partial charge in [0.25, 0.3) is 11.6 Å². The Hall–Kier alpha value is -3.95. The molecule has 2 aromatic carbocycles. The maximum absolute atomic E-state index is 12.8. The number of para-hydroxylation sites is 1. The van der Waals surface area contributed by atoms with E-state index in [0.29, 0.717) is 42.5 Å². The van der Waals surface area contributed by atoms with E-state index in [9.17, 15) is 14.9 Å². The van der Waals surface area contributed by atoms with E-state index in [4.69, 9.17) is 14.0 Å². The van der Waals surface area contributed by atoms with Gasteiger partial charge in [0, 0.05) is 25.2 Å². The third-order valence-electron chi connectivity index (χ3n) is 4.74. The third kappa shape index (κ3) is 5.02. The lowest BCUT2D eigenvalue weighted by atomic mass is 10.1. The first-order valence-electron chi connectivity index (χ1n) is 10.2. The summed E-state index contributed by atoms with van der Waals surface area (Å²) in [6, 6.07) is 11.4. The topological polar surface area (TPSA) is 121 Å². The molecule has 0 saturated carbocycles. The summed E-state index contributed by atoms with van der Waals surface area (Å²) in [5.74, 6) is 0.290. The lowest BCUT2D eigenvalue weighted by Gasteiger charge is -2.23. The molecule has 1 heterocycles. The van der Waals surface area contributed by atoms with Gasteiger partial charge in [-0.05, 0) is 39.0 Å². The highest BCUT2D eigenvalue weighted by molar-refractivity contribution is 5.96. The number of nitro benzene ring substituents is 1. The summed E-state index contributed by atoms with van der Waals surface area (Å²) in [4.78, 5) is 29.6. The number of aromatic nitrogens is 2. The highest BCUT2D eigenvalue weighted by Gasteiger charge is 2.22. The summed E-state index contributed by atoms with van der Waals surface area (Å²) in [6.45, 7) is 7.20. The summed E-state index contributed by atoms with van der Waals surface area (Å²) >= 11 is 0. The fourth-order valence-electron chi connectivity index (χ4n) is 3.20. The summed E-state index contributed by atoms with van der Waals surface area (Å²) in [5.41, 5.74) is 1.12. The van der Waals surface area contributed by atoms with E-state index in [1.165, 1.54) is 12.1 Å². The maximum Gasteiger partial charge on any atom is 0.341 e. The van der Waals surface area contributed by atoms with Gasteiger partial charge < -0.3 is 18.9 Å². The van der Waals surface area contributed by atoms with Crippen LogP contribution in [-0.2, 0) is 11.3 Å². The van der Waals surface area contributed by atoms with E-state index in [2.05, 4.69) is 10.1 Å². The number of ether oxygens (including phenoxy) is 2. The molecule has 0 atom stereocenters. The Morgan fingerprint density at radius 1 is 1.16 bits per heavy atom. The van der Waals surface area contributed by atoms with Gasteiger partial charge in [-0.1, -0.05) is 17.3 Å². The fourth-order valence-corrected chi connectivity index (χ4v) is 3.20. The largest absolute Gasteiger partial charge is 0.493 e. The molecule has 0 spiro atoms. The van der Waals surface area contributed by atoms with Crippen LogP contribution < -0.4 is 9.64 Å². The Balaban J connectivity index is 1.79. The van der Waals surface area contributed by atoms with E-state index < -0.39 is 10.9 Å². The number of carbonyl (C=O) groups excluding carboxylic acids is 1. The number of nitro groups is 1. The molecular weight excluding hydrogens is 416 g/mol. The van der Waals surface area contributed by atoms with E-state index in [0.717, 1.165) is 0 Å². The van der Waals surface area contributed by atoms with Crippen LogP contribution >= 0.6 is 0 Å². The molecule has 0 amide bonds. The Labute approximate surface area is 184 Å². The predicted molar refractivity (Wildman–Crippen MR) is 117 cm³/mol. The molecular formula is C22H24N4O6. The molecule has 0 aliphatic heterocycles. The zero-order valence-electron chi connectivity index (χ0n) is 18.1. The van der Waals surface area contributed by atoms with Crippen molar-refractivity contribution in [3.05, 3.63) is 64.0 Å². The van der Waals surface area contributed by atoms with Crippen LogP contribution in [0.2, 0.25) is 0 Å². The van der Waals surface area contributed by atoms with E-state index in [1.54, 1.807) is 18.2 Å². The second-order valence-electron chi connectivity index (χ2n) is 6.65. The minimum absolute atomic E-state index is 0.0921. The normalized spacial score (nSPS) is 10.6. The molecule has 10 heteroatoms. The predicted octanol–water partition coefficient (Wildman–Crippen LogP) is 4.25. The molecule has 3 aromatic rings. The first-order chi connectivity index (χ1) is 15.5. The van der Waals surface area contributed by atoms with Crippen LogP contribution in [0.15, 0.2) is 47.0 Å². The number of hydrogen-bond acceptors (Lipinski definition) is 9. The summed E-state index contributed by atoms with van der Waals surface area (Å²) < 4.78 is 16.1. The smallest absolute Gasteiger partial charge is 0.341 e. The molecule has 0 radical (unpaired) electrons. The van der Waals surface area contributed by atoms with Crippen LogP contribution in [0.1, 0.15) is 37.0 Å². The van der Waals surface area contributed by atoms with Crippen molar-refractivity contribution in [3.8, 4) is 17.1 Å². The van der Waals surface area contributed by atoms with Crippen LogP contribution in [0.3, 0.4) is 0 Å². The lowest BCUT2D eigenvalue weighted by molar-refractivity contribution is -0.384. The zero-order chi connectivity index (χ0) is 23.1. The van der Waals surface area contributed by atoms with Crippen LogP contribution in [0.25, 0.3) is 11.4 Å². The number of hydrogen-bond donors (Lipinski definition) is 0. The number of esters is 1. The Morgan fingerprint density at radius 3 is 2.59 bits per heavy atom. The number of benzene rings is 2. The molecule has 0 unspecified atom stereocenters. The highest BCUT2D eigenvalue weighted by Crippen LogP contribution is 2.29. The van der Waals surface area contributed by atoms with Gasteiger partial charge in [-0.3, -0.25) is 10.1 Å². The average molecular weight is 440 g/mol. The zero-order valence-corrected chi connectivity index (χ0v) is 18.1. The van der Waals surface area contributed by atoms with Crippen molar-refractivity contribution in [2.45, 2.75) is 27.4 Å². The minimum atomic E-state index is -0.718. The molecule has 0 aliphatic rings. The van der Waals surface area contributed by atoms with Crippen LogP contribution in [0.5, 0.6) is 5.75 Å². The Bertz CT molecular complexity index is 1090. The van der Waals surface area contributed by atoms with Crippen molar-refractivity contribution in [3.63, 3.8) is 0 Å². The molecule has 3 rings (SSSR count). The van der Waals surface area contributed by atoms with E-state index in [1.807, 2.05) is 37.8 Å². The standard InChI is InChI=1S/C22H24N4O6/c1-4-25(5-2)18-12-11-15(26(28)29)13-17(18)22(27)31-14-20-23-21(24-32-20)16-9-7-8-10-19(16)30-6-3/h7-13H,4-6,14H2,1-3H3. The van der Waals surface area contributed by atoms with Gasteiger partial charge in [0.05, 0.1) is 28.3 Å². The number of carbonyl (C=O) groups is 1. The van der Waals surface area contributed by atoms with Gasteiger partial charge in [0.1, 0.15) is 5.75 Å². The molecule has 10 nitrogen and oxygen atoms in total. The molecule has 168 valence electrons. The van der Waals surface area contributed by atoms with Crippen LogP contribution in [0.4, 0.5) is 11.4 Å². The second-order valence-corrected chi connectivity index (χ2v) is 6.65. The third-order valence-corrected chi connectivity index (χ3v) is 4.74. The van der Waals surface area contributed by atoms with Gasteiger partial charge >= 0.3 is 5.97 Å². The van der Waals surface area contributed by atoms with Crippen LogP contribution in [-0.4, -0.2) is 40.7 Å². The molecule has 0 saturated heterocycles. The number of non-ortho nitro benzene ring substituents is 1. The second kappa shape index (κ2) is 10.4. The summed E-state index contributed by atoms with van der Waals surface area (Å²) in [7, 11) is 0. The molecule has 0 bridgehead atoms. The number of rotatable bonds is 10. The summed E-state index contributed by atoms with van der Waals surface area (Å²) in [6.07, 6.45) is 0. The molecule has 0 fully saturated rings. The van der Waals surface area contributed by atoms with Crippen molar-refractivity contribution in [1.82, 2.24) is 10.1 Å². The first kappa shape index (κ1) is 22.7. The van der Waals surface area contributed by atoms with E-state index in [-0.39, 0.29) is 23.7 Å². The average Bonchev–Trinajstić information content (AvgIpc) is 3.28. The number of nitrogens with zero attached hydrogens (tertiary/aromatic N) is 4. The van der Waals surface area contributed by atoms with Crippen molar-refractivity contribution in [2.75, 3.05) is 24.6 Å². The molecule has 0 N–H and O–H groups in total. The van der Waals surface area contributed by atoms with Crippen molar-refractivity contribution in [1.29, 1.82) is 0 Å². The SMILES string of the molecule is CCOc1ccccc1-c1noc(COC(=O)c2cc([N+](=O)[O-])ccc2N(CC)CC)n1. The monoisotopic (exact) mass is 440 g/mol. The van der Waals surface area contributed by atoms with Crippen molar-refractivity contribution >= 4 is 17.3 Å². The minimum Gasteiger partial charge on any atom is -0.493 e. The Morgan fingerprint density at radius 2 is 1.91 bits per heavy atom. The Kier molecular flexibility index (Phi) is 7.37. The van der Waals surface area contributed by atoms with Crippen molar-refractivity contribution in [2.24, 2.45) is 0 Å². The summed E-state index contributed by atoms with van der Waals surface area (Å²) in [5, 5.41) is 15.1. The maximum atomic E-state index is 12.8. The van der Waals surface area contributed by atoms with Crippen LogP contribution in [0, 0.1) is 10.1 Å². The van der Waals surface area contributed by atoms with Crippen molar-refractivity contribution < 1.29 is 23.7 Å². The van der Waals surface area contributed by atoms with Gasteiger partial charge in [-0.15, -0.1) is 0 Å². The molecule has 0 aliphatic carbocycles. The van der Waals surface area contributed by atoms with E-state index >= 15 is 0 Å². The molecule has 1 aromatic heterocycles.